The van der Waals surface area contributed by atoms with E-state index >= 15 is 0 Å². The van der Waals surface area contributed by atoms with Crippen molar-refractivity contribution in [3.8, 4) is 11.5 Å². The predicted octanol–water partition coefficient (Wildman–Crippen LogP) is 5.28. The molecule has 0 saturated heterocycles. The highest BCUT2D eigenvalue weighted by Crippen LogP contribution is 2.32. The van der Waals surface area contributed by atoms with Crippen LogP contribution in [0.25, 0.3) is 0 Å². The van der Waals surface area contributed by atoms with Crippen LogP contribution >= 0.6 is 11.6 Å². The van der Waals surface area contributed by atoms with E-state index in [-0.39, 0.29) is 11.7 Å². The highest BCUT2D eigenvalue weighted by atomic mass is 35.5. The minimum atomic E-state index is -0.235. The van der Waals surface area contributed by atoms with Crippen molar-refractivity contribution in [2.75, 3.05) is 37.8 Å². The Hall–Kier alpha value is -3.38. The van der Waals surface area contributed by atoms with Crippen molar-refractivity contribution < 1.29 is 4.74 Å². The number of nitrogen functional groups attached to an aromatic ring is 1. The molecule has 2 aromatic rings. The van der Waals surface area contributed by atoms with E-state index in [9.17, 15) is 0 Å². The zero-order valence-electron chi connectivity index (χ0n) is 21.5. The van der Waals surface area contributed by atoms with E-state index in [1.54, 1.807) is 12.4 Å². The lowest BCUT2D eigenvalue weighted by atomic mass is 10.2. The van der Waals surface area contributed by atoms with Gasteiger partial charge in [-0.15, -0.1) is 5.73 Å². The molecule has 0 bridgehead atoms. The summed E-state index contributed by atoms with van der Waals surface area (Å²) in [5, 5.41) is 7.01. The number of hydrogen-bond acceptors (Lipinski definition) is 7. The molecule has 0 aliphatic carbocycles. The molecule has 3 rings (SSSR count). The van der Waals surface area contributed by atoms with E-state index in [1.165, 1.54) is 0 Å². The molecule has 2 aromatic carbocycles. The molecule has 36 heavy (non-hydrogen) atoms. The van der Waals surface area contributed by atoms with Gasteiger partial charge in [0.05, 0.1) is 35.7 Å². The van der Waals surface area contributed by atoms with Crippen LogP contribution in [-0.2, 0) is 0 Å². The Morgan fingerprint density at radius 2 is 1.97 bits per heavy atom. The molecule has 1 aliphatic heterocycles. The van der Waals surface area contributed by atoms with Crippen molar-refractivity contribution in [2.24, 2.45) is 4.99 Å². The van der Waals surface area contributed by atoms with Gasteiger partial charge in [-0.25, -0.2) is 0 Å². The number of allylic oxidation sites excluding steroid dienone is 2. The van der Waals surface area contributed by atoms with Crippen LogP contribution in [-0.4, -0.2) is 50.0 Å². The van der Waals surface area contributed by atoms with E-state index in [1.807, 2.05) is 61.5 Å². The highest BCUT2D eigenvalue weighted by molar-refractivity contribution is 6.20. The first-order valence-electron chi connectivity index (χ1n) is 12.2. The van der Waals surface area contributed by atoms with Crippen molar-refractivity contribution in [1.82, 2.24) is 15.5 Å². The third-order valence-corrected chi connectivity index (χ3v) is 6.02. The van der Waals surface area contributed by atoms with Gasteiger partial charge in [0.25, 0.3) is 0 Å². The number of ether oxygens (including phenoxy) is 1. The molecule has 0 spiro atoms. The van der Waals surface area contributed by atoms with Crippen LogP contribution in [0.4, 0.5) is 11.4 Å². The summed E-state index contributed by atoms with van der Waals surface area (Å²) in [4.78, 5) is 8.84. The summed E-state index contributed by atoms with van der Waals surface area (Å²) in [6, 6.07) is 15.5. The van der Waals surface area contributed by atoms with Crippen molar-refractivity contribution in [2.45, 2.75) is 38.4 Å². The fraction of sp³-hybridized carbons (Fsp3) is 0.357. The van der Waals surface area contributed by atoms with Gasteiger partial charge >= 0.3 is 0 Å². The SMILES string of the molecule is CCC(NC1=C(C)NC(Cl)CC=C=CN=C1)N(CCN(C)C)c1cc(Oc2ccccc2)ccc1N. The van der Waals surface area contributed by atoms with Gasteiger partial charge in [-0.3, -0.25) is 4.99 Å². The van der Waals surface area contributed by atoms with Gasteiger partial charge in [0.2, 0.25) is 0 Å². The average molecular weight is 509 g/mol. The summed E-state index contributed by atoms with van der Waals surface area (Å²) in [6.45, 7) is 5.75. The molecule has 4 N–H and O–H groups in total. The number of para-hydroxylation sites is 1. The van der Waals surface area contributed by atoms with E-state index in [2.05, 4.69) is 52.2 Å². The van der Waals surface area contributed by atoms with Crippen LogP contribution in [0.15, 0.2) is 82.9 Å². The second kappa shape index (κ2) is 13.6. The van der Waals surface area contributed by atoms with Gasteiger partial charge in [0, 0.05) is 31.3 Å². The molecule has 0 fully saturated rings. The molecule has 0 radical (unpaired) electrons. The molecule has 8 heteroatoms. The second-order valence-electron chi connectivity index (χ2n) is 8.87. The summed E-state index contributed by atoms with van der Waals surface area (Å²) in [7, 11) is 4.13. The molecule has 7 nitrogen and oxygen atoms in total. The van der Waals surface area contributed by atoms with E-state index in [0.29, 0.717) is 12.1 Å². The number of hydrogen-bond donors (Lipinski definition) is 3. The number of aliphatic imine (C=N–C) groups is 1. The molecule has 0 aromatic heterocycles. The number of nitrogens with two attached hydrogens (primary N) is 1. The first-order chi connectivity index (χ1) is 17.4. The minimum Gasteiger partial charge on any atom is -0.457 e. The standard InChI is InChI=1S/C28H37ClN6O/c1-5-28(33-25-20-31-16-10-9-13-27(29)32-21(25)2)35(18-17-34(3)4)26-19-23(14-15-24(26)30)36-22-11-7-6-8-12-22/h6-9,11-12,14-16,19-20,27-28,32-33H,5,13,17-18,30H2,1-4H3. The topological polar surface area (TPSA) is 78.2 Å². The van der Waals surface area contributed by atoms with Crippen molar-refractivity contribution >= 4 is 29.2 Å². The maximum absolute atomic E-state index is 6.52. The lowest BCUT2D eigenvalue weighted by molar-refractivity contribution is 0.395. The zero-order chi connectivity index (χ0) is 25.9. The number of alkyl halides is 1. The van der Waals surface area contributed by atoms with Crippen LogP contribution < -0.4 is 26.0 Å². The molecule has 2 atom stereocenters. The number of rotatable bonds is 10. The monoisotopic (exact) mass is 508 g/mol. The highest BCUT2D eigenvalue weighted by Gasteiger charge is 2.22. The lowest BCUT2D eigenvalue weighted by Gasteiger charge is -2.36. The quantitative estimate of drug-likeness (QED) is 0.133. The third-order valence-electron chi connectivity index (χ3n) is 5.74. The van der Waals surface area contributed by atoms with Crippen molar-refractivity contribution in [3.05, 3.63) is 77.9 Å². The normalized spacial score (nSPS) is 16.6. The second-order valence-corrected chi connectivity index (χ2v) is 9.39. The van der Waals surface area contributed by atoms with Gasteiger partial charge in [-0.05, 0) is 57.8 Å². The molecular formula is C28H37ClN6O. The van der Waals surface area contributed by atoms with Crippen LogP contribution in [0.1, 0.15) is 26.7 Å². The Bertz CT molecular complexity index is 1110. The fourth-order valence-corrected chi connectivity index (χ4v) is 4.04. The Morgan fingerprint density at radius 1 is 1.19 bits per heavy atom. The smallest absolute Gasteiger partial charge is 0.129 e. The number of nitrogens with one attached hydrogen (secondary N) is 2. The number of halogens is 1. The lowest BCUT2D eigenvalue weighted by Crippen LogP contribution is -2.48. The molecule has 0 amide bonds. The maximum Gasteiger partial charge on any atom is 0.129 e. The van der Waals surface area contributed by atoms with Crippen molar-refractivity contribution in [1.29, 1.82) is 0 Å². The summed E-state index contributed by atoms with van der Waals surface area (Å²) >= 11 is 6.45. The molecule has 0 saturated carbocycles. The zero-order valence-corrected chi connectivity index (χ0v) is 22.3. The van der Waals surface area contributed by atoms with Gasteiger partial charge in [0.15, 0.2) is 0 Å². The summed E-state index contributed by atoms with van der Waals surface area (Å²) in [6.07, 6.45) is 6.73. The number of anilines is 2. The maximum atomic E-state index is 6.52. The van der Waals surface area contributed by atoms with E-state index < -0.39 is 0 Å². The molecule has 192 valence electrons. The Morgan fingerprint density at radius 3 is 2.69 bits per heavy atom. The largest absolute Gasteiger partial charge is 0.457 e. The number of nitrogens with zero attached hydrogens (tertiary/aromatic N) is 3. The number of likely N-dealkylation sites (N-methyl/N-ethyl adjacent to an activating group) is 1. The fourth-order valence-electron chi connectivity index (χ4n) is 3.79. The van der Waals surface area contributed by atoms with E-state index in [0.717, 1.165) is 48.1 Å². The molecule has 2 unspecified atom stereocenters. The summed E-state index contributed by atoms with van der Waals surface area (Å²) in [5.41, 5.74) is 12.7. The van der Waals surface area contributed by atoms with Crippen LogP contribution in [0.5, 0.6) is 11.5 Å². The first kappa shape index (κ1) is 27.2. The Labute approximate surface area is 220 Å². The van der Waals surface area contributed by atoms with Gasteiger partial charge < -0.3 is 30.9 Å². The molecule has 1 heterocycles. The average Bonchev–Trinajstić information content (AvgIpc) is 2.86. The Balaban J connectivity index is 1.95. The van der Waals surface area contributed by atoms with Crippen LogP contribution in [0.2, 0.25) is 0 Å². The predicted molar refractivity (Wildman–Crippen MR) is 152 cm³/mol. The van der Waals surface area contributed by atoms with Crippen LogP contribution in [0.3, 0.4) is 0 Å². The minimum absolute atomic E-state index is 0.0614. The number of benzene rings is 2. The van der Waals surface area contributed by atoms with Crippen LogP contribution in [0, 0.1) is 0 Å². The van der Waals surface area contributed by atoms with Gasteiger partial charge in [-0.1, -0.05) is 36.7 Å². The molecule has 1 aliphatic rings. The van der Waals surface area contributed by atoms with Gasteiger partial charge in [-0.2, -0.15) is 0 Å². The summed E-state index contributed by atoms with van der Waals surface area (Å²) < 4.78 is 6.12. The van der Waals surface area contributed by atoms with E-state index in [4.69, 9.17) is 22.1 Å². The van der Waals surface area contributed by atoms with Gasteiger partial charge in [0.1, 0.15) is 17.0 Å². The Kier molecular flexibility index (Phi) is 10.3. The first-order valence-corrected chi connectivity index (χ1v) is 12.7. The third kappa shape index (κ3) is 8.09. The molecular weight excluding hydrogens is 472 g/mol. The summed E-state index contributed by atoms with van der Waals surface area (Å²) in [5.74, 6) is 1.51. The van der Waals surface area contributed by atoms with Crippen molar-refractivity contribution in [3.63, 3.8) is 0 Å².